The molecule has 2 heteroatoms. The molecule has 1 aliphatic carbocycles. The van der Waals surface area contributed by atoms with Crippen LogP contribution >= 0.6 is 0 Å². The Hall–Kier alpha value is -0.0800. The van der Waals surface area contributed by atoms with Crippen LogP contribution in [0.4, 0.5) is 0 Å². The highest BCUT2D eigenvalue weighted by Gasteiger charge is 2.36. The van der Waals surface area contributed by atoms with Crippen molar-refractivity contribution in [3.63, 3.8) is 0 Å². The Balaban J connectivity index is 2.44. The standard InChI is InChI=1S/C10H20O2/c1-3-9-4-6-10(12,7-5-9)8(2)11/h8-9,11-12H,3-7H2,1-2H3. The molecule has 2 N–H and O–H groups in total. The molecule has 0 heterocycles. The molecule has 12 heavy (non-hydrogen) atoms. The fraction of sp³-hybridized carbons (Fsp3) is 1.00. The van der Waals surface area contributed by atoms with Crippen LogP contribution < -0.4 is 0 Å². The molecular weight excluding hydrogens is 152 g/mol. The first-order valence-electron chi connectivity index (χ1n) is 4.99. The lowest BCUT2D eigenvalue weighted by atomic mass is 9.75. The van der Waals surface area contributed by atoms with Crippen LogP contribution in [-0.4, -0.2) is 21.9 Å². The Morgan fingerprint density at radius 1 is 1.42 bits per heavy atom. The van der Waals surface area contributed by atoms with Gasteiger partial charge in [0.15, 0.2) is 0 Å². The van der Waals surface area contributed by atoms with Crippen molar-refractivity contribution < 1.29 is 10.2 Å². The molecule has 0 spiro atoms. The fourth-order valence-corrected chi connectivity index (χ4v) is 2.00. The number of aliphatic hydroxyl groups excluding tert-OH is 1. The summed E-state index contributed by atoms with van der Waals surface area (Å²) in [7, 11) is 0. The van der Waals surface area contributed by atoms with Crippen LogP contribution in [0, 0.1) is 5.92 Å². The van der Waals surface area contributed by atoms with E-state index in [1.54, 1.807) is 6.92 Å². The third-order valence-electron chi connectivity index (χ3n) is 3.33. The molecule has 0 aromatic carbocycles. The lowest BCUT2D eigenvalue weighted by molar-refractivity contribution is -0.0960. The summed E-state index contributed by atoms with van der Waals surface area (Å²) in [5.74, 6) is 0.768. The fourth-order valence-electron chi connectivity index (χ4n) is 2.00. The third kappa shape index (κ3) is 1.99. The highest BCUT2D eigenvalue weighted by molar-refractivity contribution is 4.88. The molecule has 0 aromatic rings. The van der Waals surface area contributed by atoms with Gasteiger partial charge in [0, 0.05) is 0 Å². The van der Waals surface area contributed by atoms with Crippen molar-refractivity contribution in [1.29, 1.82) is 0 Å². The summed E-state index contributed by atoms with van der Waals surface area (Å²) in [5, 5.41) is 19.3. The monoisotopic (exact) mass is 172 g/mol. The van der Waals surface area contributed by atoms with Gasteiger partial charge in [0.2, 0.25) is 0 Å². The molecule has 0 radical (unpaired) electrons. The second-order valence-electron chi connectivity index (χ2n) is 4.13. The van der Waals surface area contributed by atoms with Gasteiger partial charge in [-0.3, -0.25) is 0 Å². The first-order valence-corrected chi connectivity index (χ1v) is 4.99. The minimum atomic E-state index is -0.786. The van der Waals surface area contributed by atoms with E-state index in [2.05, 4.69) is 6.92 Å². The van der Waals surface area contributed by atoms with Crippen molar-refractivity contribution in [3.8, 4) is 0 Å². The van der Waals surface area contributed by atoms with Gasteiger partial charge in [-0.2, -0.15) is 0 Å². The molecule has 1 unspecified atom stereocenters. The summed E-state index contributed by atoms with van der Waals surface area (Å²) in [6.45, 7) is 3.88. The van der Waals surface area contributed by atoms with Crippen molar-refractivity contribution in [1.82, 2.24) is 0 Å². The zero-order chi connectivity index (χ0) is 9.19. The molecule has 1 aliphatic rings. The van der Waals surface area contributed by atoms with E-state index in [0.717, 1.165) is 31.6 Å². The molecule has 0 aromatic heterocycles. The van der Waals surface area contributed by atoms with Crippen molar-refractivity contribution in [2.45, 2.75) is 57.7 Å². The maximum atomic E-state index is 9.91. The Kier molecular flexibility index (Phi) is 3.13. The van der Waals surface area contributed by atoms with Gasteiger partial charge in [0.05, 0.1) is 11.7 Å². The average Bonchev–Trinajstić information content (AvgIpc) is 2.06. The van der Waals surface area contributed by atoms with E-state index >= 15 is 0 Å². The minimum Gasteiger partial charge on any atom is -0.390 e. The van der Waals surface area contributed by atoms with E-state index in [9.17, 15) is 10.2 Å². The third-order valence-corrected chi connectivity index (χ3v) is 3.33. The second kappa shape index (κ2) is 3.75. The molecule has 2 nitrogen and oxygen atoms in total. The van der Waals surface area contributed by atoms with Gasteiger partial charge < -0.3 is 10.2 Å². The smallest absolute Gasteiger partial charge is 0.0902 e. The quantitative estimate of drug-likeness (QED) is 0.665. The van der Waals surface area contributed by atoms with E-state index in [1.165, 1.54) is 6.42 Å². The zero-order valence-electron chi connectivity index (χ0n) is 8.08. The number of aliphatic hydroxyl groups is 2. The SMILES string of the molecule is CCC1CCC(O)(C(C)O)CC1. The lowest BCUT2D eigenvalue weighted by Crippen LogP contribution is -2.43. The van der Waals surface area contributed by atoms with Gasteiger partial charge in [-0.1, -0.05) is 13.3 Å². The Morgan fingerprint density at radius 2 is 1.92 bits per heavy atom. The summed E-state index contributed by atoms with van der Waals surface area (Å²) in [4.78, 5) is 0. The van der Waals surface area contributed by atoms with Crippen LogP contribution in [0.3, 0.4) is 0 Å². The molecular formula is C10H20O2. The number of hydrogen-bond donors (Lipinski definition) is 2. The molecule has 0 bridgehead atoms. The largest absolute Gasteiger partial charge is 0.390 e. The minimum absolute atomic E-state index is 0.574. The summed E-state index contributed by atoms with van der Waals surface area (Å²) in [6.07, 6.45) is 4.30. The maximum absolute atomic E-state index is 9.91. The predicted molar refractivity (Wildman–Crippen MR) is 48.9 cm³/mol. The number of rotatable bonds is 2. The predicted octanol–water partition coefficient (Wildman–Crippen LogP) is 1.70. The average molecular weight is 172 g/mol. The van der Waals surface area contributed by atoms with Crippen LogP contribution in [0.25, 0.3) is 0 Å². The molecule has 1 fully saturated rings. The van der Waals surface area contributed by atoms with Gasteiger partial charge in [0.25, 0.3) is 0 Å². The Bertz CT molecular complexity index is 135. The van der Waals surface area contributed by atoms with Crippen molar-refractivity contribution >= 4 is 0 Å². The van der Waals surface area contributed by atoms with E-state index in [1.807, 2.05) is 0 Å². The summed E-state index contributed by atoms with van der Waals surface area (Å²) in [6, 6.07) is 0. The van der Waals surface area contributed by atoms with E-state index in [0.29, 0.717) is 0 Å². The molecule has 1 saturated carbocycles. The van der Waals surface area contributed by atoms with E-state index in [-0.39, 0.29) is 0 Å². The molecule has 1 rings (SSSR count). The molecule has 1 atom stereocenters. The highest BCUT2D eigenvalue weighted by Crippen LogP contribution is 2.35. The van der Waals surface area contributed by atoms with Gasteiger partial charge >= 0.3 is 0 Å². The van der Waals surface area contributed by atoms with Gasteiger partial charge in [-0.15, -0.1) is 0 Å². The molecule has 0 amide bonds. The van der Waals surface area contributed by atoms with Crippen molar-refractivity contribution in [2.24, 2.45) is 5.92 Å². The van der Waals surface area contributed by atoms with Crippen molar-refractivity contribution in [3.05, 3.63) is 0 Å². The maximum Gasteiger partial charge on any atom is 0.0902 e. The zero-order valence-corrected chi connectivity index (χ0v) is 8.08. The second-order valence-corrected chi connectivity index (χ2v) is 4.13. The number of hydrogen-bond acceptors (Lipinski definition) is 2. The van der Waals surface area contributed by atoms with Crippen LogP contribution in [0.15, 0.2) is 0 Å². The summed E-state index contributed by atoms with van der Waals surface area (Å²) < 4.78 is 0. The molecule has 72 valence electrons. The molecule has 0 aliphatic heterocycles. The summed E-state index contributed by atoms with van der Waals surface area (Å²) >= 11 is 0. The molecule has 0 saturated heterocycles. The van der Waals surface area contributed by atoms with Crippen LogP contribution in [0.2, 0.25) is 0 Å². The first kappa shape index (κ1) is 10.0. The van der Waals surface area contributed by atoms with Gasteiger partial charge in [-0.25, -0.2) is 0 Å². The first-order chi connectivity index (χ1) is 5.58. The van der Waals surface area contributed by atoms with Gasteiger partial charge in [-0.05, 0) is 38.5 Å². The van der Waals surface area contributed by atoms with Crippen LogP contribution in [-0.2, 0) is 0 Å². The van der Waals surface area contributed by atoms with E-state index in [4.69, 9.17) is 0 Å². The van der Waals surface area contributed by atoms with Gasteiger partial charge in [0.1, 0.15) is 0 Å². The van der Waals surface area contributed by atoms with Crippen molar-refractivity contribution in [2.75, 3.05) is 0 Å². The topological polar surface area (TPSA) is 40.5 Å². The van der Waals surface area contributed by atoms with Crippen LogP contribution in [0.1, 0.15) is 46.0 Å². The van der Waals surface area contributed by atoms with E-state index < -0.39 is 11.7 Å². The lowest BCUT2D eigenvalue weighted by Gasteiger charge is -2.37. The Labute approximate surface area is 74.6 Å². The highest BCUT2D eigenvalue weighted by atomic mass is 16.3. The Morgan fingerprint density at radius 3 is 2.25 bits per heavy atom. The summed E-state index contributed by atoms with van der Waals surface area (Å²) in [5.41, 5.74) is -0.786. The van der Waals surface area contributed by atoms with Crippen LogP contribution in [0.5, 0.6) is 0 Å². The normalized spacial score (nSPS) is 39.5.